The van der Waals surface area contributed by atoms with Crippen molar-refractivity contribution in [1.29, 1.82) is 5.26 Å². The summed E-state index contributed by atoms with van der Waals surface area (Å²) in [7, 11) is 0. The summed E-state index contributed by atoms with van der Waals surface area (Å²) in [4.78, 5) is 1.07. The summed E-state index contributed by atoms with van der Waals surface area (Å²) in [6.07, 6.45) is 0. The first-order valence-electron chi connectivity index (χ1n) is 5.48. The monoisotopic (exact) mass is 233 g/mol. The topological polar surface area (TPSA) is 47.8 Å². The van der Waals surface area contributed by atoms with Crippen molar-refractivity contribution in [1.82, 2.24) is 5.32 Å². The highest BCUT2D eigenvalue weighted by Gasteiger charge is 2.18. The Kier molecular flexibility index (Phi) is 3.70. The Bertz CT molecular complexity index is 407. The molecule has 16 heavy (non-hydrogen) atoms. The van der Waals surface area contributed by atoms with Crippen molar-refractivity contribution in [2.24, 2.45) is 0 Å². The zero-order chi connectivity index (χ0) is 11.4. The molecule has 1 aromatic carbocycles. The van der Waals surface area contributed by atoms with Crippen LogP contribution in [0.2, 0.25) is 0 Å². The maximum Gasteiger partial charge on any atom is 0.102 e. The van der Waals surface area contributed by atoms with Gasteiger partial charge in [-0.25, -0.2) is 0 Å². The smallest absolute Gasteiger partial charge is 0.102 e. The molecule has 0 radical (unpaired) electrons. The fourth-order valence-corrected chi connectivity index (χ4v) is 2.44. The molecule has 2 N–H and O–H groups in total. The van der Waals surface area contributed by atoms with Gasteiger partial charge in [0.25, 0.3) is 0 Å². The lowest BCUT2D eigenvalue weighted by Gasteiger charge is -2.29. The molecular formula is C12H15N3S. The molecule has 1 aromatic rings. The number of benzene rings is 1. The van der Waals surface area contributed by atoms with E-state index in [9.17, 15) is 5.26 Å². The van der Waals surface area contributed by atoms with E-state index in [1.807, 2.05) is 18.2 Å². The highest BCUT2D eigenvalue weighted by Crippen LogP contribution is 2.28. The Labute approximate surface area is 100 Å². The molecule has 0 spiro atoms. The quantitative estimate of drug-likeness (QED) is 0.781. The summed E-state index contributed by atoms with van der Waals surface area (Å²) in [6, 6.07) is 8.77. The summed E-state index contributed by atoms with van der Waals surface area (Å²) in [5.74, 6) is 0.989. The van der Waals surface area contributed by atoms with E-state index in [1.165, 1.54) is 0 Å². The second-order valence-corrected chi connectivity index (χ2v) is 5.03. The van der Waals surface area contributed by atoms with Gasteiger partial charge in [0.15, 0.2) is 0 Å². The molecule has 0 atom stereocenters. The van der Waals surface area contributed by atoms with Crippen LogP contribution in [0.3, 0.4) is 0 Å². The van der Waals surface area contributed by atoms with Gasteiger partial charge in [-0.15, -0.1) is 11.8 Å². The minimum Gasteiger partial charge on any atom is -0.379 e. The normalized spacial score (nSPS) is 15.2. The Hall–Kier alpha value is -1.18. The van der Waals surface area contributed by atoms with Gasteiger partial charge in [0.05, 0.1) is 17.3 Å². The van der Waals surface area contributed by atoms with Gasteiger partial charge < -0.3 is 10.6 Å². The maximum atomic E-state index is 9.21. The molecule has 2 rings (SSSR count). The van der Waals surface area contributed by atoms with Crippen LogP contribution in [0.25, 0.3) is 0 Å². The third-order valence-corrected chi connectivity index (χ3v) is 3.52. The maximum absolute atomic E-state index is 9.21. The number of rotatable bonds is 4. The number of nitrogens with zero attached hydrogens (tertiary/aromatic N) is 1. The minimum absolute atomic E-state index is 0.467. The summed E-state index contributed by atoms with van der Waals surface area (Å²) in [6.45, 7) is 4.06. The molecule has 1 fully saturated rings. The molecule has 0 aromatic heterocycles. The molecule has 0 bridgehead atoms. The third kappa shape index (κ3) is 2.31. The van der Waals surface area contributed by atoms with Gasteiger partial charge in [-0.2, -0.15) is 5.26 Å². The van der Waals surface area contributed by atoms with E-state index in [4.69, 9.17) is 0 Å². The average molecular weight is 233 g/mol. The molecule has 1 heterocycles. The van der Waals surface area contributed by atoms with Crippen LogP contribution in [-0.2, 0) is 0 Å². The highest BCUT2D eigenvalue weighted by atomic mass is 32.2. The van der Waals surface area contributed by atoms with Crippen molar-refractivity contribution in [3.8, 4) is 6.07 Å². The van der Waals surface area contributed by atoms with E-state index in [1.54, 1.807) is 11.8 Å². The Morgan fingerprint density at radius 1 is 1.56 bits per heavy atom. The van der Waals surface area contributed by atoms with Crippen LogP contribution in [0.4, 0.5) is 5.69 Å². The summed E-state index contributed by atoms with van der Waals surface area (Å²) in [5, 5.41) is 15.8. The van der Waals surface area contributed by atoms with Gasteiger partial charge in [-0.3, -0.25) is 0 Å². The first kappa shape index (κ1) is 11.3. The highest BCUT2D eigenvalue weighted by molar-refractivity contribution is 7.99. The van der Waals surface area contributed by atoms with Crippen LogP contribution in [0.1, 0.15) is 12.5 Å². The lowest BCUT2D eigenvalue weighted by atomic mass is 10.1. The van der Waals surface area contributed by atoms with Gasteiger partial charge in [0, 0.05) is 18.0 Å². The van der Waals surface area contributed by atoms with Crippen molar-refractivity contribution in [3.63, 3.8) is 0 Å². The molecule has 0 unspecified atom stereocenters. The Balaban J connectivity index is 2.22. The molecule has 1 aliphatic heterocycles. The number of nitriles is 1. The molecule has 4 heteroatoms. The van der Waals surface area contributed by atoms with Gasteiger partial charge in [0.1, 0.15) is 6.07 Å². The second kappa shape index (κ2) is 5.24. The number of hydrogen-bond acceptors (Lipinski definition) is 4. The second-order valence-electron chi connectivity index (χ2n) is 3.72. The van der Waals surface area contributed by atoms with E-state index in [0.29, 0.717) is 6.04 Å². The van der Waals surface area contributed by atoms with Crippen LogP contribution in [0.15, 0.2) is 23.1 Å². The van der Waals surface area contributed by atoms with Crippen molar-refractivity contribution in [2.45, 2.75) is 17.9 Å². The molecule has 1 saturated heterocycles. The van der Waals surface area contributed by atoms with E-state index in [0.717, 1.165) is 35.0 Å². The van der Waals surface area contributed by atoms with E-state index in [2.05, 4.69) is 23.6 Å². The number of thioether (sulfide) groups is 1. The molecule has 0 saturated carbocycles. The van der Waals surface area contributed by atoms with Crippen molar-refractivity contribution in [3.05, 3.63) is 23.8 Å². The third-order valence-electron chi connectivity index (χ3n) is 2.58. The number of nitrogens with one attached hydrogen (secondary N) is 2. The van der Waals surface area contributed by atoms with Gasteiger partial charge in [-0.05, 0) is 17.9 Å². The summed E-state index contributed by atoms with van der Waals surface area (Å²) < 4.78 is 0. The Morgan fingerprint density at radius 3 is 2.94 bits per heavy atom. The molecular weight excluding hydrogens is 218 g/mol. The number of hydrogen-bond donors (Lipinski definition) is 2. The van der Waals surface area contributed by atoms with E-state index >= 15 is 0 Å². The lowest BCUT2D eigenvalue weighted by Crippen LogP contribution is -2.51. The summed E-state index contributed by atoms with van der Waals surface area (Å²) >= 11 is 1.72. The largest absolute Gasteiger partial charge is 0.379 e. The molecule has 0 amide bonds. The van der Waals surface area contributed by atoms with E-state index in [-0.39, 0.29) is 0 Å². The molecule has 84 valence electrons. The predicted octanol–water partition coefficient (Wildman–Crippen LogP) is 2.05. The van der Waals surface area contributed by atoms with Crippen molar-refractivity contribution in [2.75, 3.05) is 24.2 Å². The van der Waals surface area contributed by atoms with Gasteiger partial charge in [0.2, 0.25) is 0 Å². The van der Waals surface area contributed by atoms with Crippen LogP contribution in [-0.4, -0.2) is 24.9 Å². The molecule has 0 aliphatic carbocycles. The first-order valence-corrected chi connectivity index (χ1v) is 6.47. The standard InChI is InChI=1S/C12H15N3S/c1-2-16-12-5-3-4-11(10(12)6-13)15-9-7-14-8-9/h3-5,9,14-15H,2,7-8H2,1H3. The number of anilines is 1. The minimum atomic E-state index is 0.467. The van der Waals surface area contributed by atoms with Gasteiger partial charge >= 0.3 is 0 Å². The zero-order valence-electron chi connectivity index (χ0n) is 9.29. The average Bonchev–Trinajstić information content (AvgIpc) is 2.24. The first-order chi connectivity index (χ1) is 7.85. The summed E-state index contributed by atoms with van der Waals surface area (Å²) in [5.41, 5.74) is 1.74. The fraction of sp³-hybridized carbons (Fsp3) is 0.417. The van der Waals surface area contributed by atoms with Crippen LogP contribution in [0, 0.1) is 11.3 Å². The van der Waals surface area contributed by atoms with Gasteiger partial charge in [-0.1, -0.05) is 13.0 Å². The van der Waals surface area contributed by atoms with Crippen LogP contribution in [0.5, 0.6) is 0 Å². The zero-order valence-corrected chi connectivity index (χ0v) is 10.1. The van der Waals surface area contributed by atoms with Crippen molar-refractivity contribution >= 4 is 17.4 Å². The molecule has 1 aliphatic rings. The van der Waals surface area contributed by atoms with Crippen molar-refractivity contribution < 1.29 is 0 Å². The molecule has 3 nitrogen and oxygen atoms in total. The van der Waals surface area contributed by atoms with Crippen LogP contribution < -0.4 is 10.6 Å². The fourth-order valence-electron chi connectivity index (χ4n) is 1.65. The SMILES string of the molecule is CCSc1cccc(NC2CNC2)c1C#N. The lowest BCUT2D eigenvalue weighted by molar-refractivity contribution is 0.472. The van der Waals surface area contributed by atoms with E-state index < -0.39 is 0 Å². The predicted molar refractivity (Wildman–Crippen MR) is 67.8 cm³/mol. The Morgan fingerprint density at radius 2 is 2.38 bits per heavy atom. The van der Waals surface area contributed by atoms with Crippen LogP contribution >= 0.6 is 11.8 Å².